The summed E-state index contributed by atoms with van der Waals surface area (Å²) in [6, 6.07) is 10.3. The molecule has 0 bridgehead atoms. The van der Waals surface area contributed by atoms with E-state index in [4.69, 9.17) is 4.74 Å². The van der Waals surface area contributed by atoms with Gasteiger partial charge in [-0.15, -0.1) is 0 Å². The highest BCUT2D eigenvalue weighted by Gasteiger charge is 2.43. The minimum absolute atomic E-state index is 0.100. The van der Waals surface area contributed by atoms with Gasteiger partial charge in [-0.25, -0.2) is 0 Å². The molecule has 2 aliphatic rings. The number of esters is 1. The molecule has 1 aromatic rings. The molecular formula is C19H21NO2. The van der Waals surface area contributed by atoms with Crippen LogP contribution in [0.5, 0.6) is 0 Å². The van der Waals surface area contributed by atoms with E-state index in [0.29, 0.717) is 19.2 Å². The standard InChI is InChI=1S/C19H21NO2/c1-2-22-19(21)16-13-20-17-10-6-9-15(18(16)17)12-11-14-7-4-3-5-8-14/h3-5,7-9,16-18,20H,2,6,10,13H2,1H3. The topological polar surface area (TPSA) is 38.3 Å². The van der Waals surface area contributed by atoms with Crippen LogP contribution in [0.25, 0.3) is 0 Å². The predicted octanol–water partition coefficient (Wildman–Crippen LogP) is 2.53. The molecule has 3 atom stereocenters. The van der Waals surface area contributed by atoms with Gasteiger partial charge in [-0.3, -0.25) is 4.79 Å². The number of hydrogen-bond acceptors (Lipinski definition) is 3. The number of carbonyl (C=O) groups excluding carboxylic acids is 1. The second kappa shape index (κ2) is 6.81. The number of allylic oxidation sites excluding steroid dienone is 1. The Morgan fingerprint density at radius 2 is 2.14 bits per heavy atom. The summed E-state index contributed by atoms with van der Waals surface area (Å²) >= 11 is 0. The molecule has 1 aromatic carbocycles. The molecular weight excluding hydrogens is 274 g/mol. The van der Waals surface area contributed by atoms with E-state index in [-0.39, 0.29) is 17.8 Å². The monoisotopic (exact) mass is 295 g/mol. The Kier molecular flexibility index (Phi) is 4.60. The van der Waals surface area contributed by atoms with Crippen LogP contribution in [-0.2, 0) is 9.53 Å². The molecule has 22 heavy (non-hydrogen) atoms. The van der Waals surface area contributed by atoms with Crippen molar-refractivity contribution < 1.29 is 9.53 Å². The third-order valence-electron chi connectivity index (χ3n) is 4.38. The summed E-state index contributed by atoms with van der Waals surface area (Å²) < 4.78 is 5.23. The molecule has 0 radical (unpaired) electrons. The maximum atomic E-state index is 12.2. The second-order valence-electron chi connectivity index (χ2n) is 5.75. The lowest BCUT2D eigenvalue weighted by Crippen LogP contribution is -2.32. The highest BCUT2D eigenvalue weighted by atomic mass is 16.5. The van der Waals surface area contributed by atoms with Gasteiger partial charge in [0, 0.05) is 29.6 Å². The molecule has 0 saturated carbocycles. The average Bonchev–Trinajstić information content (AvgIpc) is 2.99. The first kappa shape index (κ1) is 14.9. The van der Waals surface area contributed by atoms with Crippen LogP contribution in [0.2, 0.25) is 0 Å². The Bertz CT molecular complexity index is 624. The Morgan fingerprint density at radius 3 is 2.91 bits per heavy atom. The van der Waals surface area contributed by atoms with Gasteiger partial charge in [0.1, 0.15) is 0 Å². The molecule has 1 N–H and O–H groups in total. The van der Waals surface area contributed by atoms with Crippen molar-refractivity contribution in [3.05, 3.63) is 47.5 Å². The van der Waals surface area contributed by atoms with Crippen LogP contribution in [-0.4, -0.2) is 25.2 Å². The first-order valence-corrected chi connectivity index (χ1v) is 7.96. The molecule has 1 heterocycles. The van der Waals surface area contributed by atoms with E-state index in [1.54, 1.807) is 0 Å². The molecule has 0 spiro atoms. The maximum Gasteiger partial charge on any atom is 0.310 e. The summed E-state index contributed by atoms with van der Waals surface area (Å²) in [6.45, 7) is 2.98. The van der Waals surface area contributed by atoms with Gasteiger partial charge in [0.2, 0.25) is 0 Å². The third-order valence-corrected chi connectivity index (χ3v) is 4.38. The summed E-state index contributed by atoms with van der Waals surface area (Å²) in [4.78, 5) is 12.2. The first-order valence-electron chi connectivity index (χ1n) is 7.96. The van der Waals surface area contributed by atoms with Crippen molar-refractivity contribution in [2.75, 3.05) is 13.2 Å². The Hall–Kier alpha value is -2.05. The van der Waals surface area contributed by atoms with Crippen LogP contribution in [0.15, 0.2) is 42.0 Å². The van der Waals surface area contributed by atoms with Crippen molar-refractivity contribution in [1.29, 1.82) is 0 Å². The molecule has 1 aliphatic carbocycles. The van der Waals surface area contributed by atoms with Gasteiger partial charge < -0.3 is 10.1 Å². The molecule has 1 aliphatic heterocycles. The zero-order chi connectivity index (χ0) is 15.4. The highest BCUT2D eigenvalue weighted by Crippen LogP contribution is 2.36. The van der Waals surface area contributed by atoms with Crippen LogP contribution in [0.4, 0.5) is 0 Å². The van der Waals surface area contributed by atoms with E-state index >= 15 is 0 Å². The fraction of sp³-hybridized carbons (Fsp3) is 0.421. The number of benzene rings is 1. The van der Waals surface area contributed by atoms with Gasteiger partial charge in [-0.2, -0.15) is 0 Å². The summed E-state index contributed by atoms with van der Waals surface area (Å²) in [7, 11) is 0. The maximum absolute atomic E-state index is 12.2. The number of carbonyl (C=O) groups is 1. The summed E-state index contributed by atoms with van der Waals surface area (Å²) in [5, 5.41) is 3.47. The summed E-state index contributed by atoms with van der Waals surface area (Å²) in [5.41, 5.74) is 2.09. The molecule has 114 valence electrons. The van der Waals surface area contributed by atoms with E-state index in [0.717, 1.165) is 24.0 Å². The van der Waals surface area contributed by atoms with Gasteiger partial charge >= 0.3 is 5.97 Å². The van der Waals surface area contributed by atoms with Crippen LogP contribution >= 0.6 is 0 Å². The van der Waals surface area contributed by atoms with Gasteiger partial charge in [-0.05, 0) is 31.9 Å². The van der Waals surface area contributed by atoms with Crippen LogP contribution in [0.1, 0.15) is 25.3 Å². The molecule has 0 aromatic heterocycles. The predicted molar refractivity (Wildman–Crippen MR) is 86.0 cm³/mol. The van der Waals surface area contributed by atoms with Crippen LogP contribution in [0, 0.1) is 23.7 Å². The third kappa shape index (κ3) is 3.08. The van der Waals surface area contributed by atoms with E-state index in [1.807, 2.05) is 37.3 Å². The van der Waals surface area contributed by atoms with E-state index in [9.17, 15) is 4.79 Å². The van der Waals surface area contributed by atoms with Crippen molar-refractivity contribution in [1.82, 2.24) is 5.32 Å². The molecule has 0 amide bonds. The average molecular weight is 295 g/mol. The summed E-state index contributed by atoms with van der Waals surface area (Å²) in [5.74, 6) is 6.47. The normalized spacial score (nSPS) is 26.4. The smallest absolute Gasteiger partial charge is 0.310 e. The van der Waals surface area contributed by atoms with Gasteiger partial charge in [0.05, 0.1) is 12.5 Å². The van der Waals surface area contributed by atoms with Crippen molar-refractivity contribution >= 4 is 5.97 Å². The Labute approximate surface area is 131 Å². The van der Waals surface area contributed by atoms with Crippen LogP contribution < -0.4 is 5.32 Å². The minimum atomic E-state index is -0.110. The largest absolute Gasteiger partial charge is 0.466 e. The molecule has 1 saturated heterocycles. The fourth-order valence-electron chi connectivity index (χ4n) is 3.36. The molecule has 1 fully saturated rings. The number of ether oxygens (including phenoxy) is 1. The van der Waals surface area contributed by atoms with E-state index in [2.05, 4.69) is 23.2 Å². The van der Waals surface area contributed by atoms with Crippen molar-refractivity contribution in [3.63, 3.8) is 0 Å². The highest BCUT2D eigenvalue weighted by molar-refractivity contribution is 5.75. The van der Waals surface area contributed by atoms with Crippen molar-refractivity contribution in [2.45, 2.75) is 25.8 Å². The zero-order valence-electron chi connectivity index (χ0n) is 12.8. The minimum Gasteiger partial charge on any atom is -0.466 e. The summed E-state index contributed by atoms with van der Waals surface area (Å²) in [6.07, 6.45) is 4.27. The number of fused-ring (bicyclic) bond motifs is 1. The Balaban J connectivity index is 1.82. The van der Waals surface area contributed by atoms with Crippen molar-refractivity contribution in [3.8, 4) is 11.8 Å². The van der Waals surface area contributed by atoms with Gasteiger partial charge in [0.25, 0.3) is 0 Å². The van der Waals surface area contributed by atoms with E-state index in [1.165, 1.54) is 0 Å². The first-order chi connectivity index (χ1) is 10.8. The van der Waals surface area contributed by atoms with E-state index < -0.39 is 0 Å². The lowest BCUT2D eigenvalue weighted by molar-refractivity contribution is -0.148. The van der Waals surface area contributed by atoms with Gasteiger partial charge in [-0.1, -0.05) is 36.1 Å². The van der Waals surface area contributed by atoms with Gasteiger partial charge in [0.15, 0.2) is 0 Å². The Morgan fingerprint density at radius 1 is 1.32 bits per heavy atom. The number of hydrogen-bond donors (Lipinski definition) is 1. The number of nitrogens with one attached hydrogen (secondary N) is 1. The van der Waals surface area contributed by atoms with Crippen molar-refractivity contribution in [2.24, 2.45) is 11.8 Å². The second-order valence-corrected chi connectivity index (χ2v) is 5.75. The fourth-order valence-corrected chi connectivity index (χ4v) is 3.36. The number of rotatable bonds is 2. The molecule has 3 heteroatoms. The molecule has 3 unspecified atom stereocenters. The SMILES string of the molecule is CCOC(=O)C1CNC2CCC=C(C#Cc3ccccc3)C21. The van der Waals surface area contributed by atoms with Crippen LogP contribution in [0.3, 0.4) is 0 Å². The quantitative estimate of drug-likeness (QED) is 0.673. The zero-order valence-corrected chi connectivity index (χ0v) is 12.8. The molecule has 3 rings (SSSR count). The lowest BCUT2D eigenvalue weighted by Gasteiger charge is -2.26. The molecule has 3 nitrogen and oxygen atoms in total. The lowest BCUT2D eigenvalue weighted by atomic mass is 9.78.